The number of carbonyl (C=O) groups excluding carboxylic acids is 1. The van der Waals surface area contributed by atoms with Crippen molar-refractivity contribution in [3.05, 3.63) is 18.2 Å². The summed E-state index contributed by atoms with van der Waals surface area (Å²) in [7, 11) is 2.05. The number of carbonyl (C=O) groups is 1. The van der Waals surface area contributed by atoms with Crippen LogP contribution in [0.15, 0.2) is 12.4 Å². The molecule has 0 N–H and O–H groups in total. The second-order valence-corrected chi connectivity index (χ2v) is 8.55. The van der Waals surface area contributed by atoms with E-state index in [9.17, 15) is 4.79 Å². The van der Waals surface area contributed by atoms with Crippen LogP contribution in [0.3, 0.4) is 0 Å². The van der Waals surface area contributed by atoms with Gasteiger partial charge in [-0.1, -0.05) is 19.3 Å². The lowest BCUT2D eigenvalue weighted by Crippen LogP contribution is -2.51. The third-order valence-electron chi connectivity index (χ3n) is 6.75. The van der Waals surface area contributed by atoms with Crippen LogP contribution in [0, 0.1) is 11.3 Å². The standard InChI is InChI=1S/C20H32N4O/c1-22-13-10-21-18(22)15-23-12-9-20(16-23)8-5-11-24(19(20)25)14-17-6-3-2-4-7-17/h10,13,17H,2-9,11-12,14-16H2,1H3/t20-/m1/s1. The van der Waals surface area contributed by atoms with E-state index in [2.05, 4.69) is 19.4 Å². The minimum Gasteiger partial charge on any atom is -0.342 e. The Bertz CT molecular complexity index is 607. The minimum atomic E-state index is -0.113. The summed E-state index contributed by atoms with van der Waals surface area (Å²) in [5.41, 5.74) is -0.113. The van der Waals surface area contributed by atoms with E-state index in [1.165, 1.54) is 38.5 Å². The number of hydrogen-bond acceptors (Lipinski definition) is 3. The smallest absolute Gasteiger partial charge is 0.230 e. The molecule has 1 atom stereocenters. The van der Waals surface area contributed by atoms with Crippen LogP contribution in [0.4, 0.5) is 0 Å². The molecule has 3 fully saturated rings. The number of piperidine rings is 1. The predicted octanol–water partition coefficient (Wildman–Crippen LogP) is 2.81. The zero-order valence-corrected chi connectivity index (χ0v) is 15.6. The van der Waals surface area contributed by atoms with Crippen LogP contribution >= 0.6 is 0 Å². The summed E-state index contributed by atoms with van der Waals surface area (Å²) in [6.07, 6.45) is 13.9. The molecule has 2 saturated heterocycles. The molecule has 2 aliphatic heterocycles. The van der Waals surface area contributed by atoms with Crippen molar-refractivity contribution in [3.63, 3.8) is 0 Å². The monoisotopic (exact) mass is 344 g/mol. The van der Waals surface area contributed by atoms with Crippen molar-refractivity contribution in [3.8, 4) is 0 Å². The highest BCUT2D eigenvalue weighted by atomic mass is 16.2. The van der Waals surface area contributed by atoms with Gasteiger partial charge in [0.1, 0.15) is 5.82 Å². The Hall–Kier alpha value is -1.36. The molecule has 25 heavy (non-hydrogen) atoms. The van der Waals surface area contributed by atoms with Crippen LogP contribution < -0.4 is 0 Å². The molecule has 5 nitrogen and oxygen atoms in total. The van der Waals surface area contributed by atoms with Crippen molar-refractivity contribution in [2.75, 3.05) is 26.2 Å². The lowest BCUT2D eigenvalue weighted by molar-refractivity contribution is -0.146. The molecule has 1 aromatic rings. The van der Waals surface area contributed by atoms with Crippen molar-refractivity contribution in [1.29, 1.82) is 0 Å². The third kappa shape index (κ3) is 3.48. The van der Waals surface area contributed by atoms with Crippen LogP contribution in [0.5, 0.6) is 0 Å². The predicted molar refractivity (Wildman–Crippen MR) is 97.9 cm³/mol. The summed E-state index contributed by atoms with van der Waals surface area (Å²) in [4.78, 5) is 22.4. The van der Waals surface area contributed by atoms with Gasteiger partial charge in [0, 0.05) is 39.1 Å². The number of nitrogens with zero attached hydrogens (tertiary/aromatic N) is 4. The van der Waals surface area contributed by atoms with Gasteiger partial charge in [-0.25, -0.2) is 4.98 Å². The largest absolute Gasteiger partial charge is 0.342 e. The van der Waals surface area contributed by atoms with Crippen LogP contribution in [-0.2, 0) is 18.4 Å². The maximum absolute atomic E-state index is 13.3. The van der Waals surface area contributed by atoms with Crippen molar-refractivity contribution in [2.45, 2.75) is 57.9 Å². The quantitative estimate of drug-likeness (QED) is 0.843. The number of rotatable bonds is 4. The lowest BCUT2D eigenvalue weighted by Gasteiger charge is -2.41. The molecule has 1 aliphatic carbocycles. The number of likely N-dealkylation sites (tertiary alicyclic amines) is 2. The maximum Gasteiger partial charge on any atom is 0.230 e. The molecule has 138 valence electrons. The van der Waals surface area contributed by atoms with Crippen LogP contribution in [-0.4, -0.2) is 51.4 Å². The summed E-state index contributed by atoms with van der Waals surface area (Å²) in [6.45, 7) is 4.80. The average molecular weight is 345 g/mol. The molecule has 0 radical (unpaired) electrons. The maximum atomic E-state index is 13.3. The van der Waals surface area contributed by atoms with Crippen molar-refractivity contribution < 1.29 is 4.79 Å². The summed E-state index contributed by atoms with van der Waals surface area (Å²) >= 11 is 0. The van der Waals surface area contributed by atoms with E-state index in [0.29, 0.717) is 5.91 Å². The minimum absolute atomic E-state index is 0.113. The molecule has 5 heteroatoms. The fraction of sp³-hybridized carbons (Fsp3) is 0.800. The summed E-state index contributed by atoms with van der Waals surface area (Å²) in [6, 6.07) is 0. The average Bonchev–Trinajstić information content (AvgIpc) is 3.21. The van der Waals surface area contributed by atoms with Gasteiger partial charge >= 0.3 is 0 Å². The van der Waals surface area contributed by atoms with Gasteiger partial charge < -0.3 is 9.47 Å². The van der Waals surface area contributed by atoms with Gasteiger partial charge in [-0.3, -0.25) is 9.69 Å². The number of hydrogen-bond donors (Lipinski definition) is 0. The Balaban J connectivity index is 1.39. The Morgan fingerprint density at radius 3 is 2.76 bits per heavy atom. The molecule has 3 heterocycles. The molecule has 1 spiro atoms. The first-order valence-corrected chi connectivity index (χ1v) is 10.1. The van der Waals surface area contributed by atoms with E-state index in [1.54, 1.807) is 0 Å². The normalized spacial score (nSPS) is 29.0. The summed E-state index contributed by atoms with van der Waals surface area (Å²) in [5.74, 6) is 2.30. The fourth-order valence-electron chi connectivity index (χ4n) is 5.23. The van der Waals surface area contributed by atoms with Crippen LogP contribution in [0.25, 0.3) is 0 Å². The first kappa shape index (κ1) is 17.1. The molecular formula is C20H32N4O. The van der Waals surface area contributed by atoms with Crippen molar-refractivity contribution >= 4 is 5.91 Å². The molecule has 1 amide bonds. The molecular weight excluding hydrogens is 312 g/mol. The number of amides is 1. The van der Waals surface area contributed by atoms with Gasteiger partial charge in [0.2, 0.25) is 5.91 Å². The first-order chi connectivity index (χ1) is 12.2. The zero-order chi connectivity index (χ0) is 17.3. The third-order valence-corrected chi connectivity index (χ3v) is 6.75. The first-order valence-electron chi connectivity index (χ1n) is 10.1. The van der Waals surface area contributed by atoms with Gasteiger partial charge in [-0.2, -0.15) is 0 Å². The molecule has 0 unspecified atom stereocenters. The van der Waals surface area contributed by atoms with Gasteiger partial charge in [-0.05, 0) is 44.6 Å². The van der Waals surface area contributed by atoms with E-state index in [-0.39, 0.29) is 5.41 Å². The molecule has 1 aromatic heterocycles. The Kier molecular flexibility index (Phi) is 4.85. The topological polar surface area (TPSA) is 41.4 Å². The Morgan fingerprint density at radius 2 is 2.00 bits per heavy atom. The number of aryl methyl sites for hydroxylation is 1. The van der Waals surface area contributed by atoms with Crippen LogP contribution in [0.2, 0.25) is 0 Å². The highest BCUT2D eigenvalue weighted by Gasteiger charge is 2.48. The second kappa shape index (κ2) is 7.10. The highest BCUT2D eigenvalue weighted by molar-refractivity contribution is 5.84. The molecule has 1 saturated carbocycles. The van der Waals surface area contributed by atoms with E-state index in [1.807, 2.05) is 19.4 Å². The number of aromatic nitrogens is 2. The lowest BCUT2D eigenvalue weighted by atomic mass is 9.77. The molecule has 4 rings (SSSR count). The summed E-state index contributed by atoms with van der Waals surface area (Å²) < 4.78 is 2.09. The van der Waals surface area contributed by atoms with Gasteiger partial charge in [0.05, 0.1) is 12.0 Å². The summed E-state index contributed by atoms with van der Waals surface area (Å²) in [5, 5.41) is 0. The van der Waals surface area contributed by atoms with E-state index in [0.717, 1.165) is 57.3 Å². The molecule has 0 aromatic carbocycles. The Morgan fingerprint density at radius 1 is 1.16 bits per heavy atom. The molecule has 3 aliphatic rings. The van der Waals surface area contributed by atoms with E-state index in [4.69, 9.17) is 0 Å². The zero-order valence-electron chi connectivity index (χ0n) is 15.6. The molecule has 0 bridgehead atoms. The van der Waals surface area contributed by atoms with Crippen molar-refractivity contribution in [1.82, 2.24) is 19.4 Å². The fourth-order valence-corrected chi connectivity index (χ4v) is 5.23. The Labute approximate surface area is 151 Å². The SMILES string of the molecule is Cn1ccnc1CN1CC[C@]2(CCCN(CC3CCCCC3)C2=O)C1. The van der Waals surface area contributed by atoms with Gasteiger partial charge in [-0.15, -0.1) is 0 Å². The van der Waals surface area contributed by atoms with E-state index >= 15 is 0 Å². The van der Waals surface area contributed by atoms with Crippen molar-refractivity contribution in [2.24, 2.45) is 18.4 Å². The second-order valence-electron chi connectivity index (χ2n) is 8.55. The number of imidazole rings is 1. The van der Waals surface area contributed by atoms with Crippen LogP contribution in [0.1, 0.15) is 57.2 Å². The van der Waals surface area contributed by atoms with Gasteiger partial charge in [0.15, 0.2) is 0 Å². The highest BCUT2D eigenvalue weighted by Crippen LogP contribution is 2.41. The van der Waals surface area contributed by atoms with Gasteiger partial charge in [0.25, 0.3) is 0 Å². The van der Waals surface area contributed by atoms with E-state index < -0.39 is 0 Å².